The van der Waals surface area contributed by atoms with E-state index in [2.05, 4.69) is 152 Å². The Kier molecular flexibility index (Phi) is 14.0. The third kappa shape index (κ3) is 10.2. The third-order valence-electron chi connectivity index (χ3n) is 17.9. The van der Waals surface area contributed by atoms with Crippen molar-refractivity contribution in [3.8, 4) is 11.1 Å². The Bertz CT molecular complexity index is 2240. The monoisotopic (exact) mass is 929 g/mol. The highest BCUT2D eigenvalue weighted by Crippen LogP contribution is 2.46. The lowest BCUT2D eigenvalue weighted by Gasteiger charge is -2.38. The summed E-state index contributed by atoms with van der Waals surface area (Å²) >= 11 is 0. The molecule has 1 N–H and O–H groups in total. The molecular formula is C55H84N4O8. The number of benzene rings is 2. The Labute approximate surface area is 402 Å². The number of ether oxygens (including phenoxy) is 4. The predicted octanol–water partition coefficient (Wildman–Crippen LogP) is 9.67. The van der Waals surface area contributed by atoms with Gasteiger partial charge in [-0.05, 0) is 193 Å². The molecule has 4 heterocycles. The van der Waals surface area contributed by atoms with Crippen LogP contribution in [0, 0.1) is 23.7 Å². The maximum absolute atomic E-state index is 14.4. The van der Waals surface area contributed by atoms with E-state index in [4.69, 9.17) is 18.9 Å². The van der Waals surface area contributed by atoms with E-state index >= 15 is 0 Å². The molecule has 0 spiro atoms. The molecule has 0 amide bonds. The first kappa shape index (κ1) is 52.5. The summed E-state index contributed by atoms with van der Waals surface area (Å²) in [4.78, 5) is 63.9. The Balaban J connectivity index is 1.34. The van der Waals surface area contributed by atoms with E-state index in [0.29, 0.717) is 11.1 Å². The van der Waals surface area contributed by atoms with E-state index in [1.807, 2.05) is 0 Å². The van der Waals surface area contributed by atoms with Gasteiger partial charge in [-0.25, -0.2) is 19.2 Å². The van der Waals surface area contributed by atoms with Crippen molar-refractivity contribution in [1.82, 2.24) is 20.0 Å². The fourth-order valence-electron chi connectivity index (χ4n) is 12.2. The molecule has 12 heteroatoms. The molecule has 4 aliphatic heterocycles. The zero-order valence-corrected chi connectivity index (χ0v) is 44.5. The summed E-state index contributed by atoms with van der Waals surface area (Å²) in [6, 6.07) is 9.91. The Morgan fingerprint density at radius 2 is 0.731 bits per heavy atom. The van der Waals surface area contributed by atoms with Crippen LogP contribution in [0.25, 0.3) is 11.1 Å². The van der Waals surface area contributed by atoms with Gasteiger partial charge in [0.05, 0.1) is 48.7 Å². The third-order valence-corrected chi connectivity index (χ3v) is 17.9. The molecule has 4 aliphatic rings. The van der Waals surface area contributed by atoms with Crippen molar-refractivity contribution in [3.63, 3.8) is 0 Å². The fraction of sp³-hybridized carbons (Fsp3) is 0.709. The van der Waals surface area contributed by atoms with Crippen LogP contribution in [0.1, 0.15) is 178 Å². The van der Waals surface area contributed by atoms with Gasteiger partial charge in [-0.1, -0.05) is 12.1 Å². The van der Waals surface area contributed by atoms with Crippen molar-refractivity contribution in [3.05, 3.63) is 58.7 Å². The lowest BCUT2D eigenvalue weighted by Crippen LogP contribution is -2.47. The fourth-order valence-corrected chi connectivity index (χ4v) is 12.2. The summed E-state index contributed by atoms with van der Waals surface area (Å²) in [6.45, 7) is 35.3. The normalized spacial score (nSPS) is 27.7. The average Bonchev–Trinajstić information content (AvgIpc) is 3.69. The zero-order chi connectivity index (χ0) is 50.2. The standard InChI is InChI=1S/C55H84N4O8/c1-48(2)26-36(52(9,10)56-48)30-64-46(62)42-24-34(20-22-40(42)44(60)65-31-37-27-49(3,4)57(17)53(37,11)12)35-21-23-41(45(61)66-32-38-28-50(5,6)58(18)54(38,13)14)43(25-35)47(63)67-33-39-29-51(7,8)59(19)55(39,15)16/h20-25,36-39,56H,26-33H2,1-19H3. The molecule has 4 unspecified atom stereocenters. The number of carbonyl (C=O) groups excluding carboxylic acids is 4. The first-order chi connectivity index (χ1) is 30.5. The van der Waals surface area contributed by atoms with Gasteiger partial charge in [0.25, 0.3) is 0 Å². The molecule has 2 aromatic carbocycles. The number of likely N-dealkylation sites (tertiary alicyclic amines) is 3. The van der Waals surface area contributed by atoms with Crippen LogP contribution in [0.3, 0.4) is 0 Å². The number of rotatable bonds is 13. The van der Waals surface area contributed by atoms with E-state index in [0.717, 1.165) is 25.7 Å². The SMILES string of the molecule is CN1C(C)(C)CC(COC(=O)c2ccc(-c3ccc(C(=O)OCC4CC(C)(C)N(C)C4(C)C)c(C(=O)OCC4CC(C)(C)N(C)C4(C)C)c3)cc2C(=O)OCC2CC(C)(C)NC2(C)C)C1(C)C. The number of hydrogen-bond donors (Lipinski definition) is 1. The molecule has 0 aromatic heterocycles. The number of carbonyl (C=O) groups is 4. The minimum atomic E-state index is -0.646. The van der Waals surface area contributed by atoms with Gasteiger partial charge >= 0.3 is 23.9 Å². The molecule has 4 saturated heterocycles. The molecule has 0 aliphatic carbocycles. The molecule has 0 saturated carbocycles. The van der Waals surface area contributed by atoms with Crippen LogP contribution in [0.5, 0.6) is 0 Å². The second-order valence-electron chi connectivity index (χ2n) is 25.3. The number of hydrogen-bond acceptors (Lipinski definition) is 12. The molecule has 372 valence electrons. The first-order valence-electron chi connectivity index (χ1n) is 24.5. The summed E-state index contributed by atoms with van der Waals surface area (Å²) in [6.07, 6.45) is 3.32. The molecule has 4 fully saturated rings. The lowest BCUT2D eigenvalue weighted by molar-refractivity contribution is 0.0284. The highest BCUT2D eigenvalue weighted by atomic mass is 16.5. The van der Waals surface area contributed by atoms with Crippen molar-refractivity contribution < 1.29 is 38.1 Å². The topological polar surface area (TPSA) is 127 Å². The predicted molar refractivity (Wildman–Crippen MR) is 264 cm³/mol. The molecule has 67 heavy (non-hydrogen) atoms. The largest absolute Gasteiger partial charge is 0.462 e. The first-order valence-corrected chi connectivity index (χ1v) is 24.5. The average molecular weight is 929 g/mol. The molecule has 4 atom stereocenters. The lowest BCUT2D eigenvalue weighted by atomic mass is 9.87. The molecule has 0 bridgehead atoms. The Hall–Kier alpha value is -3.84. The second kappa shape index (κ2) is 17.8. The highest BCUT2D eigenvalue weighted by molar-refractivity contribution is 6.06. The summed E-state index contributed by atoms with van der Waals surface area (Å²) in [7, 11) is 6.30. The maximum Gasteiger partial charge on any atom is 0.339 e. The molecule has 0 radical (unpaired) electrons. The van der Waals surface area contributed by atoms with Crippen LogP contribution >= 0.6 is 0 Å². The van der Waals surface area contributed by atoms with Crippen molar-refractivity contribution in [2.24, 2.45) is 23.7 Å². The van der Waals surface area contributed by atoms with Gasteiger partial charge in [0.2, 0.25) is 0 Å². The summed E-state index contributed by atoms with van der Waals surface area (Å²) < 4.78 is 24.3. The maximum atomic E-state index is 14.4. The van der Waals surface area contributed by atoms with Crippen molar-refractivity contribution in [1.29, 1.82) is 0 Å². The number of esters is 4. The molecule has 6 rings (SSSR count). The van der Waals surface area contributed by atoms with Gasteiger partial charge in [0.1, 0.15) is 0 Å². The summed E-state index contributed by atoms with van der Waals surface area (Å²) in [5.74, 6) is -2.30. The van der Waals surface area contributed by atoms with Crippen molar-refractivity contribution in [2.75, 3.05) is 47.6 Å². The van der Waals surface area contributed by atoms with Gasteiger partial charge in [0.15, 0.2) is 0 Å². The Morgan fingerprint density at radius 3 is 0.985 bits per heavy atom. The van der Waals surface area contributed by atoms with Crippen molar-refractivity contribution in [2.45, 2.75) is 181 Å². The van der Waals surface area contributed by atoms with E-state index in [-0.39, 0.29) is 117 Å². The van der Waals surface area contributed by atoms with Gasteiger partial charge in [0, 0.05) is 68.0 Å². The molecular weight excluding hydrogens is 845 g/mol. The highest BCUT2D eigenvalue weighted by Gasteiger charge is 2.52. The summed E-state index contributed by atoms with van der Waals surface area (Å²) in [5.41, 5.74) is 0.0603. The number of nitrogens with one attached hydrogen (secondary N) is 1. The van der Waals surface area contributed by atoms with Gasteiger partial charge in [-0.15, -0.1) is 0 Å². The van der Waals surface area contributed by atoms with Gasteiger partial charge in [-0.3, -0.25) is 14.7 Å². The zero-order valence-electron chi connectivity index (χ0n) is 44.5. The smallest absolute Gasteiger partial charge is 0.339 e. The summed E-state index contributed by atoms with van der Waals surface area (Å²) in [5, 5.41) is 3.65. The van der Waals surface area contributed by atoms with E-state index in [1.54, 1.807) is 36.4 Å². The van der Waals surface area contributed by atoms with E-state index in [9.17, 15) is 19.2 Å². The van der Waals surface area contributed by atoms with Crippen molar-refractivity contribution >= 4 is 23.9 Å². The molecule has 2 aromatic rings. The van der Waals surface area contributed by atoms with Crippen LogP contribution in [0.15, 0.2) is 36.4 Å². The van der Waals surface area contributed by atoms with Gasteiger partial charge < -0.3 is 24.3 Å². The van der Waals surface area contributed by atoms with E-state index < -0.39 is 23.9 Å². The quantitative estimate of drug-likeness (QED) is 0.152. The second-order valence-corrected chi connectivity index (χ2v) is 25.3. The van der Waals surface area contributed by atoms with Crippen LogP contribution < -0.4 is 5.32 Å². The minimum Gasteiger partial charge on any atom is -0.462 e. The van der Waals surface area contributed by atoms with E-state index in [1.165, 1.54) is 0 Å². The minimum absolute atomic E-state index is 0.0317. The van der Waals surface area contributed by atoms with Gasteiger partial charge in [-0.2, -0.15) is 0 Å². The van der Waals surface area contributed by atoms with Crippen LogP contribution in [0.2, 0.25) is 0 Å². The molecule has 12 nitrogen and oxygen atoms in total. The van der Waals surface area contributed by atoms with Crippen LogP contribution in [-0.4, -0.2) is 130 Å². The van der Waals surface area contributed by atoms with Crippen LogP contribution in [-0.2, 0) is 18.9 Å². The Morgan fingerprint density at radius 1 is 0.448 bits per heavy atom. The number of nitrogens with zero attached hydrogens (tertiary/aromatic N) is 3. The van der Waals surface area contributed by atoms with Crippen LogP contribution in [0.4, 0.5) is 0 Å².